The van der Waals surface area contributed by atoms with Crippen LogP contribution in [0.5, 0.6) is 0 Å². The van der Waals surface area contributed by atoms with Gasteiger partial charge in [0.05, 0.1) is 0 Å². The molecule has 0 fully saturated rings. The number of benzene rings is 9. The Labute approximate surface area is 256 Å². The van der Waals surface area contributed by atoms with Crippen molar-refractivity contribution in [3.05, 3.63) is 170 Å². The first-order chi connectivity index (χ1) is 21.8. The predicted molar refractivity (Wildman–Crippen MR) is 190 cm³/mol. The number of hydrogen-bond donors (Lipinski definition) is 0. The van der Waals surface area contributed by atoms with Crippen molar-refractivity contribution >= 4 is 53.9 Å². The van der Waals surface area contributed by atoms with Crippen LogP contribution in [0.4, 0.5) is 0 Å². The van der Waals surface area contributed by atoms with E-state index in [0.717, 1.165) is 0 Å². The van der Waals surface area contributed by atoms with Gasteiger partial charge in [-0.25, -0.2) is 0 Å². The molecule has 0 aliphatic heterocycles. The van der Waals surface area contributed by atoms with Crippen molar-refractivity contribution in [2.75, 3.05) is 0 Å². The molecule has 0 heteroatoms. The van der Waals surface area contributed by atoms with E-state index in [0.29, 0.717) is 0 Å². The van der Waals surface area contributed by atoms with E-state index in [9.17, 15) is 0 Å². The van der Waals surface area contributed by atoms with Gasteiger partial charge in [0.2, 0.25) is 0 Å². The summed E-state index contributed by atoms with van der Waals surface area (Å²) in [5, 5.41) is 12.8. The van der Waals surface area contributed by atoms with Crippen molar-refractivity contribution in [3.8, 4) is 33.4 Å². The van der Waals surface area contributed by atoms with Crippen LogP contribution >= 0.6 is 0 Å². The van der Waals surface area contributed by atoms with Crippen molar-refractivity contribution < 1.29 is 0 Å². The van der Waals surface area contributed by atoms with E-state index in [-0.39, 0.29) is 0 Å². The molecule has 9 rings (SSSR count). The van der Waals surface area contributed by atoms with E-state index < -0.39 is 0 Å². The van der Waals surface area contributed by atoms with Crippen LogP contribution in [0.2, 0.25) is 0 Å². The predicted octanol–water partition coefficient (Wildman–Crippen LogP) is 12.5. The van der Waals surface area contributed by atoms with E-state index >= 15 is 0 Å². The minimum atomic E-state index is 1.23. The van der Waals surface area contributed by atoms with E-state index in [1.54, 1.807) is 0 Å². The van der Waals surface area contributed by atoms with Gasteiger partial charge < -0.3 is 0 Å². The Morgan fingerprint density at radius 1 is 0.227 bits per heavy atom. The molecule has 0 nitrogen and oxygen atoms in total. The van der Waals surface area contributed by atoms with Gasteiger partial charge in [-0.05, 0) is 112 Å². The van der Waals surface area contributed by atoms with E-state index in [1.165, 1.54) is 87.2 Å². The highest BCUT2D eigenvalue weighted by atomic mass is 14.2. The van der Waals surface area contributed by atoms with E-state index in [1.807, 2.05) is 0 Å². The Morgan fingerprint density at radius 3 is 1.41 bits per heavy atom. The van der Waals surface area contributed by atoms with Gasteiger partial charge in [-0.1, -0.05) is 146 Å². The van der Waals surface area contributed by atoms with Crippen LogP contribution < -0.4 is 0 Å². The monoisotopic (exact) mass is 556 g/mol. The number of hydrogen-bond acceptors (Lipinski definition) is 0. The largest absolute Gasteiger partial charge is 0.0622 e. The Kier molecular flexibility index (Phi) is 5.61. The van der Waals surface area contributed by atoms with Gasteiger partial charge in [0, 0.05) is 0 Å². The molecule has 0 saturated heterocycles. The molecule has 0 unspecified atom stereocenters. The summed E-state index contributed by atoms with van der Waals surface area (Å²) in [5.41, 5.74) is 7.56. The zero-order valence-electron chi connectivity index (χ0n) is 24.2. The first kappa shape index (κ1) is 24.8. The summed E-state index contributed by atoms with van der Waals surface area (Å²) in [7, 11) is 0. The second-order valence-corrected chi connectivity index (χ2v) is 11.7. The van der Waals surface area contributed by atoms with Crippen molar-refractivity contribution in [2.24, 2.45) is 0 Å². The van der Waals surface area contributed by atoms with Gasteiger partial charge in [0.15, 0.2) is 0 Å². The molecule has 44 heavy (non-hydrogen) atoms. The molecule has 0 aliphatic rings. The SMILES string of the molecule is c1ccc(-c2cccc(-c3c4ccccc4c(-c4cc5cc6ccccc6cc5c5ccccc45)c4ccccc34)c2)cc1. The lowest BCUT2D eigenvalue weighted by Gasteiger charge is -2.20. The van der Waals surface area contributed by atoms with Gasteiger partial charge in [0.25, 0.3) is 0 Å². The van der Waals surface area contributed by atoms with Gasteiger partial charge in [0.1, 0.15) is 0 Å². The molecule has 0 heterocycles. The van der Waals surface area contributed by atoms with Crippen LogP contribution in [-0.4, -0.2) is 0 Å². The summed E-state index contributed by atoms with van der Waals surface area (Å²) >= 11 is 0. The zero-order valence-corrected chi connectivity index (χ0v) is 24.2. The van der Waals surface area contributed by atoms with Crippen LogP contribution in [0.25, 0.3) is 87.2 Å². The lowest BCUT2D eigenvalue weighted by Crippen LogP contribution is -1.92. The van der Waals surface area contributed by atoms with Crippen molar-refractivity contribution in [2.45, 2.75) is 0 Å². The summed E-state index contributed by atoms with van der Waals surface area (Å²) in [6.45, 7) is 0. The summed E-state index contributed by atoms with van der Waals surface area (Å²) in [6.07, 6.45) is 0. The second-order valence-electron chi connectivity index (χ2n) is 11.7. The molecule has 0 saturated carbocycles. The van der Waals surface area contributed by atoms with Gasteiger partial charge in [-0.15, -0.1) is 0 Å². The quantitative estimate of drug-likeness (QED) is 0.150. The minimum absolute atomic E-state index is 1.23. The molecular weight excluding hydrogens is 528 g/mol. The lowest BCUT2D eigenvalue weighted by atomic mass is 9.83. The average molecular weight is 557 g/mol. The fourth-order valence-corrected chi connectivity index (χ4v) is 7.22. The molecule has 0 aromatic heterocycles. The maximum Gasteiger partial charge on any atom is -0.00199 e. The second kappa shape index (κ2) is 9.93. The first-order valence-corrected chi connectivity index (χ1v) is 15.3. The molecule has 0 N–H and O–H groups in total. The molecule has 9 aromatic rings. The van der Waals surface area contributed by atoms with Crippen molar-refractivity contribution in [1.29, 1.82) is 0 Å². The highest BCUT2D eigenvalue weighted by Gasteiger charge is 2.19. The molecule has 204 valence electrons. The number of rotatable bonds is 3. The molecule has 0 aliphatic carbocycles. The highest BCUT2D eigenvalue weighted by molar-refractivity contribution is 6.26. The molecule has 0 spiro atoms. The summed E-state index contributed by atoms with van der Waals surface area (Å²) in [4.78, 5) is 0. The molecule has 9 aromatic carbocycles. The standard InChI is InChI=1S/C44H28/c1-2-13-29(14-3-1)30-17-12-18-33(25-30)43-37-21-8-10-23-39(37)44(40-24-11-9-22-38(40)43)42-28-34-26-31-15-4-5-16-32(31)27-41(34)35-19-6-7-20-36(35)42/h1-28H. The third-order valence-electron chi connectivity index (χ3n) is 9.18. The van der Waals surface area contributed by atoms with E-state index in [4.69, 9.17) is 0 Å². The average Bonchev–Trinajstić information content (AvgIpc) is 3.10. The number of fused-ring (bicyclic) bond motifs is 6. The smallest absolute Gasteiger partial charge is 0.00199 e. The van der Waals surface area contributed by atoms with Crippen LogP contribution in [0.1, 0.15) is 0 Å². The molecule has 0 bridgehead atoms. The third kappa shape index (κ3) is 3.85. The fraction of sp³-hybridized carbons (Fsp3) is 0. The Bertz CT molecular complexity index is 2480. The molecular formula is C44H28. The Hall–Kier alpha value is -5.72. The van der Waals surface area contributed by atoms with E-state index in [2.05, 4.69) is 170 Å². The van der Waals surface area contributed by atoms with Crippen LogP contribution in [0.3, 0.4) is 0 Å². The normalized spacial score (nSPS) is 11.6. The summed E-state index contributed by atoms with van der Waals surface area (Å²) in [6, 6.07) is 62.3. The third-order valence-corrected chi connectivity index (χ3v) is 9.18. The van der Waals surface area contributed by atoms with Gasteiger partial charge in [-0.2, -0.15) is 0 Å². The molecule has 0 atom stereocenters. The highest BCUT2D eigenvalue weighted by Crippen LogP contribution is 2.47. The van der Waals surface area contributed by atoms with Crippen LogP contribution in [-0.2, 0) is 0 Å². The fourth-order valence-electron chi connectivity index (χ4n) is 7.22. The maximum absolute atomic E-state index is 2.42. The molecule has 0 amide bonds. The van der Waals surface area contributed by atoms with Crippen molar-refractivity contribution in [3.63, 3.8) is 0 Å². The van der Waals surface area contributed by atoms with Gasteiger partial charge in [-0.3, -0.25) is 0 Å². The minimum Gasteiger partial charge on any atom is -0.0622 e. The summed E-state index contributed by atoms with van der Waals surface area (Å²) in [5.74, 6) is 0. The van der Waals surface area contributed by atoms with Crippen LogP contribution in [0, 0.1) is 0 Å². The Balaban J connectivity index is 1.40. The zero-order chi connectivity index (χ0) is 29.0. The first-order valence-electron chi connectivity index (χ1n) is 15.3. The van der Waals surface area contributed by atoms with Gasteiger partial charge >= 0.3 is 0 Å². The maximum atomic E-state index is 2.42. The summed E-state index contributed by atoms with van der Waals surface area (Å²) < 4.78 is 0. The van der Waals surface area contributed by atoms with Crippen LogP contribution in [0.15, 0.2) is 170 Å². The topological polar surface area (TPSA) is 0 Å². The molecule has 0 radical (unpaired) electrons. The van der Waals surface area contributed by atoms with Crippen molar-refractivity contribution in [1.82, 2.24) is 0 Å². The Morgan fingerprint density at radius 2 is 0.727 bits per heavy atom. The lowest BCUT2D eigenvalue weighted by molar-refractivity contribution is 1.61.